The maximum absolute atomic E-state index is 11.0. The second kappa shape index (κ2) is 13.2. The molecule has 0 spiro atoms. The minimum absolute atomic E-state index is 0.0686. The predicted octanol–water partition coefficient (Wildman–Crippen LogP) is 3.29. The van der Waals surface area contributed by atoms with Crippen LogP contribution in [0.5, 0.6) is 0 Å². The summed E-state index contributed by atoms with van der Waals surface area (Å²) in [7, 11) is 0. The van der Waals surface area contributed by atoms with Gasteiger partial charge >= 0.3 is 5.97 Å². The molecular weight excluding hydrogens is 403 g/mol. The molecule has 0 aromatic heterocycles. The molecule has 0 amide bonds. The lowest BCUT2D eigenvalue weighted by molar-refractivity contribution is -0.137. The number of halogens is 2. The van der Waals surface area contributed by atoms with E-state index in [1.165, 1.54) is 4.90 Å². The summed E-state index contributed by atoms with van der Waals surface area (Å²) >= 11 is 11.5. The third-order valence-electron chi connectivity index (χ3n) is 4.98. The molecular formula is C20H32Cl2N2O4. The molecule has 0 radical (unpaired) electrons. The van der Waals surface area contributed by atoms with E-state index < -0.39 is 18.4 Å². The van der Waals surface area contributed by atoms with Gasteiger partial charge in [0.2, 0.25) is 0 Å². The predicted molar refractivity (Wildman–Crippen MR) is 114 cm³/mol. The summed E-state index contributed by atoms with van der Waals surface area (Å²) in [5.74, 6) is -0.817. The van der Waals surface area contributed by atoms with Crippen LogP contribution < -0.4 is 4.90 Å². The summed E-state index contributed by atoms with van der Waals surface area (Å²) < 4.78 is 0. The third kappa shape index (κ3) is 7.76. The SMILES string of the molecule is CCN(CC)CCC(CCC(=O)O)c1ccc(N(C(O)CCl)C(O)CCl)cc1. The van der Waals surface area contributed by atoms with Crippen LogP contribution in [0.2, 0.25) is 0 Å². The van der Waals surface area contributed by atoms with E-state index in [4.69, 9.17) is 28.3 Å². The number of hydrogen-bond acceptors (Lipinski definition) is 5. The van der Waals surface area contributed by atoms with E-state index in [0.29, 0.717) is 12.1 Å². The van der Waals surface area contributed by atoms with E-state index in [-0.39, 0.29) is 24.1 Å². The zero-order valence-corrected chi connectivity index (χ0v) is 18.1. The quantitative estimate of drug-likeness (QED) is 0.307. The molecule has 3 atom stereocenters. The number of aliphatic hydroxyl groups is 2. The van der Waals surface area contributed by atoms with Crippen molar-refractivity contribution in [3.05, 3.63) is 29.8 Å². The zero-order chi connectivity index (χ0) is 21.1. The highest BCUT2D eigenvalue weighted by atomic mass is 35.5. The lowest BCUT2D eigenvalue weighted by atomic mass is 9.90. The summed E-state index contributed by atoms with van der Waals surface area (Å²) in [6.45, 7) is 7.06. The van der Waals surface area contributed by atoms with Crippen LogP contribution in [0.15, 0.2) is 24.3 Å². The first-order chi connectivity index (χ1) is 13.4. The van der Waals surface area contributed by atoms with Crippen LogP contribution in [-0.4, -0.2) is 70.0 Å². The van der Waals surface area contributed by atoms with Gasteiger partial charge in [0.05, 0.1) is 11.8 Å². The second-order valence-electron chi connectivity index (χ2n) is 6.71. The van der Waals surface area contributed by atoms with E-state index in [9.17, 15) is 15.0 Å². The highest BCUT2D eigenvalue weighted by Gasteiger charge is 2.23. The van der Waals surface area contributed by atoms with Gasteiger partial charge in [-0.15, -0.1) is 23.2 Å². The lowest BCUT2D eigenvalue weighted by Gasteiger charge is -2.32. The number of carbonyl (C=O) groups is 1. The fourth-order valence-electron chi connectivity index (χ4n) is 3.26. The van der Waals surface area contributed by atoms with E-state index in [0.717, 1.165) is 31.6 Å². The van der Waals surface area contributed by atoms with Gasteiger partial charge in [0.1, 0.15) is 12.5 Å². The molecule has 0 saturated carbocycles. The van der Waals surface area contributed by atoms with Crippen LogP contribution in [0.1, 0.15) is 44.6 Å². The van der Waals surface area contributed by atoms with E-state index in [1.54, 1.807) is 12.1 Å². The van der Waals surface area contributed by atoms with Crippen molar-refractivity contribution in [2.45, 2.75) is 51.5 Å². The number of aliphatic hydroxyl groups excluding tert-OH is 2. The normalized spacial score (nSPS) is 14.7. The first-order valence-corrected chi connectivity index (χ1v) is 10.7. The summed E-state index contributed by atoms with van der Waals surface area (Å²) in [6, 6.07) is 7.43. The fraction of sp³-hybridized carbons (Fsp3) is 0.650. The van der Waals surface area contributed by atoms with Crippen LogP contribution in [0.25, 0.3) is 0 Å². The maximum atomic E-state index is 11.0. The van der Waals surface area contributed by atoms with Crippen molar-refractivity contribution in [2.24, 2.45) is 0 Å². The molecule has 3 unspecified atom stereocenters. The number of benzene rings is 1. The molecule has 0 fully saturated rings. The number of anilines is 1. The highest BCUT2D eigenvalue weighted by molar-refractivity contribution is 6.19. The number of nitrogens with zero attached hydrogens (tertiary/aromatic N) is 2. The summed E-state index contributed by atoms with van der Waals surface area (Å²) in [6.07, 6.45) is -0.577. The van der Waals surface area contributed by atoms with Crippen LogP contribution >= 0.6 is 23.2 Å². The lowest BCUT2D eigenvalue weighted by Crippen LogP contribution is -2.45. The number of hydrogen-bond donors (Lipinski definition) is 3. The molecule has 0 aliphatic rings. The van der Waals surface area contributed by atoms with Gasteiger partial charge in [0.25, 0.3) is 0 Å². The molecule has 0 bridgehead atoms. The van der Waals surface area contributed by atoms with Crippen molar-refractivity contribution >= 4 is 34.9 Å². The topological polar surface area (TPSA) is 84.2 Å². The van der Waals surface area contributed by atoms with Gasteiger partial charge in [0, 0.05) is 12.1 Å². The summed E-state index contributed by atoms with van der Waals surface area (Å²) in [5, 5.41) is 29.3. The molecule has 1 rings (SSSR count). The molecule has 0 aliphatic carbocycles. The van der Waals surface area contributed by atoms with Gasteiger partial charge in [-0.25, -0.2) is 0 Å². The Balaban J connectivity index is 2.99. The number of rotatable bonds is 14. The maximum Gasteiger partial charge on any atom is 0.303 e. The van der Waals surface area contributed by atoms with Gasteiger partial charge < -0.3 is 25.1 Å². The number of alkyl halides is 2. The first kappa shape index (κ1) is 25.0. The number of aliphatic carboxylic acids is 1. The smallest absolute Gasteiger partial charge is 0.303 e. The Morgan fingerprint density at radius 3 is 1.96 bits per heavy atom. The Morgan fingerprint density at radius 1 is 1.00 bits per heavy atom. The monoisotopic (exact) mass is 434 g/mol. The van der Waals surface area contributed by atoms with Gasteiger partial charge in [0.15, 0.2) is 0 Å². The minimum atomic E-state index is -1.06. The molecule has 0 heterocycles. The average Bonchev–Trinajstić information content (AvgIpc) is 2.71. The average molecular weight is 435 g/mol. The highest BCUT2D eigenvalue weighted by Crippen LogP contribution is 2.29. The van der Waals surface area contributed by atoms with Crippen molar-refractivity contribution < 1.29 is 20.1 Å². The summed E-state index contributed by atoms with van der Waals surface area (Å²) in [4.78, 5) is 14.7. The van der Waals surface area contributed by atoms with Gasteiger partial charge in [-0.3, -0.25) is 4.79 Å². The first-order valence-electron chi connectivity index (χ1n) is 9.68. The molecule has 0 saturated heterocycles. The van der Waals surface area contributed by atoms with Crippen molar-refractivity contribution in [2.75, 3.05) is 36.3 Å². The van der Waals surface area contributed by atoms with E-state index in [1.807, 2.05) is 12.1 Å². The zero-order valence-electron chi connectivity index (χ0n) is 16.6. The molecule has 0 aliphatic heterocycles. The molecule has 6 nitrogen and oxygen atoms in total. The third-order valence-corrected chi connectivity index (χ3v) is 5.53. The van der Waals surface area contributed by atoms with Gasteiger partial charge in [-0.1, -0.05) is 26.0 Å². The molecule has 28 heavy (non-hydrogen) atoms. The molecule has 3 N–H and O–H groups in total. The Labute approximate surface area is 177 Å². The summed E-state index contributed by atoms with van der Waals surface area (Å²) in [5.41, 5.74) is 1.64. The molecule has 1 aromatic carbocycles. The van der Waals surface area contributed by atoms with Crippen molar-refractivity contribution in [1.29, 1.82) is 0 Å². The molecule has 8 heteroatoms. The van der Waals surface area contributed by atoms with Gasteiger partial charge in [-0.2, -0.15) is 0 Å². The van der Waals surface area contributed by atoms with Crippen molar-refractivity contribution in [3.8, 4) is 0 Å². The molecule has 160 valence electrons. The van der Waals surface area contributed by atoms with Crippen LogP contribution in [-0.2, 0) is 4.79 Å². The Hall–Kier alpha value is -1.05. The van der Waals surface area contributed by atoms with Crippen LogP contribution in [0, 0.1) is 0 Å². The Morgan fingerprint density at radius 2 is 1.54 bits per heavy atom. The Bertz CT molecular complexity index is 560. The second-order valence-corrected chi connectivity index (χ2v) is 7.33. The van der Waals surface area contributed by atoms with Crippen molar-refractivity contribution in [1.82, 2.24) is 4.90 Å². The van der Waals surface area contributed by atoms with Gasteiger partial charge in [-0.05, 0) is 56.1 Å². The standard InChI is InChI=1S/C20H32Cl2N2O4/c1-3-23(4-2)12-11-16(7-10-20(27)28)15-5-8-17(9-6-15)24(18(25)13-21)19(26)14-22/h5-6,8-9,16,18-19,25-26H,3-4,7,10-14H2,1-2H3,(H,27,28). The van der Waals surface area contributed by atoms with E-state index in [2.05, 4.69) is 18.7 Å². The van der Waals surface area contributed by atoms with Crippen LogP contribution in [0.3, 0.4) is 0 Å². The Kier molecular flexibility index (Phi) is 11.8. The molecule has 1 aromatic rings. The number of carboxylic acids is 1. The van der Waals surface area contributed by atoms with Crippen LogP contribution in [0.4, 0.5) is 5.69 Å². The fourth-order valence-corrected chi connectivity index (χ4v) is 3.56. The largest absolute Gasteiger partial charge is 0.481 e. The van der Waals surface area contributed by atoms with E-state index >= 15 is 0 Å². The minimum Gasteiger partial charge on any atom is -0.481 e. The van der Waals surface area contributed by atoms with Crippen molar-refractivity contribution in [3.63, 3.8) is 0 Å². The number of carboxylic acid groups (broad SMARTS) is 1.